The Bertz CT molecular complexity index is 1300. The van der Waals surface area contributed by atoms with Crippen molar-refractivity contribution in [2.45, 2.75) is 27.9 Å². The molecule has 0 radical (unpaired) electrons. The number of thioether (sulfide) groups is 2. The van der Waals surface area contributed by atoms with Gasteiger partial charge in [-0.1, -0.05) is 40.0 Å². The van der Waals surface area contributed by atoms with Gasteiger partial charge in [-0.15, -0.1) is 21.5 Å². The van der Waals surface area contributed by atoms with Crippen molar-refractivity contribution in [3.63, 3.8) is 0 Å². The number of aromatic nitrogens is 3. The molecule has 0 aliphatic carbocycles. The number of β-lactam (4-membered cyclic amide) rings is 1. The van der Waals surface area contributed by atoms with Crippen LogP contribution in [-0.2, 0) is 28.9 Å². The topological polar surface area (TPSA) is 216 Å². The van der Waals surface area contributed by atoms with Crippen molar-refractivity contribution in [2.24, 2.45) is 5.16 Å². The van der Waals surface area contributed by atoms with Crippen LogP contribution < -0.4 is 80.4 Å². The van der Waals surface area contributed by atoms with E-state index in [2.05, 4.69) is 30.5 Å². The number of nitrogens with one attached hydrogen (secondary N) is 1. The molecule has 0 saturated carbocycles. The van der Waals surface area contributed by atoms with Gasteiger partial charge >= 0.3 is 59.1 Å². The number of anilines is 1. The van der Waals surface area contributed by atoms with E-state index in [1.807, 2.05) is 0 Å². The van der Waals surface area contributed by atoms with Gasteiger partial charge in [-0.05, 0) is 6.92 Å². The summed E-state index contributed by atoms with van der Waals surface area (Å²) in [6.45, 7) is 0.890. The van der Waals surface area contributed by atoms with Gasteiger partial charge in [0.2, 0.25) is 5.91 Å². The number of aryl methyl sites for hydroxylation is 1. The van der Waals surface area contributed by atoms with Crippen molar-refractivity contribution in [2.75, 3.05) is 18.1 Å². The van der Waals surface area contributed by atoms with Crippen LogP contribution in [0.5, 0.6) is 0 Å². The average molecular weight is 616 g/mol. The molecule has 2 aliphatic rings. The summed E-state index contributed by atoms with van der Waals surface area (Å²) in [5, 5.41) is 38.6. The molecule has 1 fully saturated rings. The average Bonchev–Trinajstić information content (AvgIpc) is 3.43. The van der Waals surface area contributed by atoms with E-state index in [1.54, 1.807) is 12.3 Å². The van der Waals surface area contributed by atoms with Gasteiger partial charge in [-0.3, -0.25) is 14.5 Å². The van der Waals surface area contributed by atoms with Crippen LogP contribution in [0.4, 0.5) is 5.13 Å². The molecule has 2 aromatic heterocycles. The fourth-order valence-corrected chi connectivity index (χ4v) is 7.76. The number of carbonyl (C=O) groups excluding carboxylic acids is 4. The SMILES string of the molecule is Cc1nnc(SCC2=C(C(=O)[O-])N3C(=O)C[C@@H]3SC2(NC(=O)/C=N\OCC(=O)[O-])c2csc(N)n2)s1.[Na+].[Na+]. The minimum absolute atomic E-state index is 0. The Morgan fingerprint density at radius 2 is 2.11 bits per heavy atom. The van der Waals surface area contributed by atoms with Crippen LogP contribution in [0.25, 0.3) is 0 Å². The molecule has 3 N–H and O–H groups in total. The van der Waals surface area contributed by atoms with E-state index in [-0.39, 0.29) is 93.4 Å². The molecule has 2 aliphatic heterocycles. The van der Waals surface area contributed by atoms with Crippen LogP contribution in [0.15, 0.2) is 26.1 Å². The number of nitrogen functional groups attached to an aromatic ring is 1. The van der Waals surface area contributed by atoms with Crippen LogP contribution in [0.2, 0.25) is 0 Å². The van der Waals surface area contributed by atoms with E-state index in [0.717, 1.165) is 39.8 Å². The number of fused-ring (bicyclic) bond motifs is 1. The number of carboxylic acids is 2. The third kappa shape index (κ3) is 7.10. The van der Waals surface area contributed by atoms with Crippen LogP contribution in [-0.4, -0.2) is 67.8 Å². The predicted molar refractivity (Wildman–Crippen MR) is 126 cm³/mol. The second-order valence-corrected chi connectivity index (χ2v) is 11.8. The van der Waals surface area contributed by atoms with E-state index in [9.17, 15) is 29.4 Å². The number of aliphatic carboxylic acids is 2. The normalized spacial score (nSPS) is 20.2. The molecule has 0 bridgehead atoms. The van der Waals surface area contributed by atoms with E-state index in [0.29, 0.717) is 15.6 Å². The first-order valence-corrected chi connectivity index (χ1v) is 13.4. The molecule has 190 valence electrons. The molecular weight excluding hydrogens is 600 g/mol. The second-order valence-electron chi connectivity index (χ2n) is 7.15. The third-order valence-corrected chi connectivity index (χ3v) is 9.05. The first kappa shape index (κ1) is 33.0. The molecule has 0 spiro atoms. The zero-order valence-corrected chi connectivity index (χ0v) is 27.4. The van der Waals surface area contributed by atoms with Crippen molar-refractivity contribution in [1.29, 1.82) is 0 Å². The smallest absolute Gasteiger partial charge is 0.546 e. The maximum Gasteiger partial charge on any atom is 1.00 e. The number of hydrogen-bond donors (Lipinski definition) is 2. The van der Waals surface area contributed by atoms with Gasteiger partial charge in [-0.2, -0.15) is 0 Å². The van der Waals surface area contributed by atoms with Gasteiger partial charge in [-0.25, -0.2) is 4.98 Å². The maximum absolute atomic E-state index is 12.8. The molecule has 4 rings (SSSR count). The summed E-state index contributed by atoms with van der Waals surface area (Å²) in [6.07, 6.45) is 0.717. The zero-order valence-electron chi connectivity index (χ0n) is 20.2. The van der Waals surface area contributed by atoms with E-state index >= 15 is 0 Å². The van der Waals surface area contributed by atoms with Crippen molar-refractivity contribution in [3.8, 4) is 0 Å². The first-order chi connectivity index (χ1) is 17.1. The minimum atomic E-state index is -1.61. The van der Waals surface area contributed by atoms with Gasteiger partial charge in [0.1, 0.15) is 11.2 Å². The molecule has 2 aromatic rings. The Morgan fingerprint density at radius 1 is 1.37 bits per heavy atom. The molecule has 2 atom stereocenters. The summed E-state index contributed by atoms with van der Waals surface area (Å²) in [4.78, 5) is 56.3. The molecule has 1 unspecified atom stereocenters. The number of amides is 2. The first-order valence-electron chi connectivity index (χ1n) is 9.87. The van der Waals surface area contributed by atoms with Crippen molar-refractivity contribution >= 4 is 81.3 Å². The molecule has 38 heavy (non-hydrogen) atoms. The Kier molecular flexibility index (Phi) is 12.1. The van der Waals surface area contributed by atoms with Gasteiger partial charge in [0.15, 0.2) is 20.9 Å². The number of thiazole rings is 1. The summed E-state index contributed by atoms with van der Waals surface area (Å²) in [6, 6.07) is 0. The molecule has 2 amide bonds. The monoisotopic (exact) mass is 615 g/mol. The van der Waals surface area contributed by atoms with Crippen LogP contribution in [0.3, 0.4) is 0 Å². The van der Waals surface area contributed by atoms with Crippen molar-refractivity contribution in [3.05, 3.63) is 27.4 Å². The van der Waals surface area contributed by atoms with Crippen molar-refractivity contribution < 1.29 is 93.3 Å². The Hall–Kier alpha value is -1.22. The number of oxime groups is 1. The summed E-state index contributed by atoms with van der Waals surface area (Å²) in [5.41, 5.74) is 5.80. The number of carbonyl (C=O) groups is 4. The standard InChI is InChI=1S/C18H17N7O7S4.2Na/c1-7-23-24-17(35-7)34-5-8-14(15(30)31)25-11(27)2-12(25)36-18(8,9-6-33-16(19)21-9)22-10(26)3-20-32-4-13(28)29;;/h3,6,12H,2,4-5H2,1H3,(H2,19,21)(H,22,26)(H,28,29)(H,30,31);;/q;2*+1/p-2/b20-3-;;/t12-,18?;;/m0../s1. The molecule has 0 aromatic carbocycles. The third-order valence-electron chi connectivity index (χ3n) is 4.82. The van der Waals surface area contributed by atoms with Crippen LogP contribution in [0.1, 0.15) is 17.1 Å². The van der Waals surface area contributed by atoms with Crippen molar-refractivity contribution in [1.82, 2.24) is 25.4 Å². The van der Waals surface area contributed by atoms with Crippen LogP contribution >= 0.6 is 46.2 Å². The maximum atomic E-state index is 12.8. The predicted octanol–water partition coefficient (Wildman–Crippen LogP) is -7.98. The quantitative estimate of drug-likeness (QED) is 0.0836. The second kappa shape index (κ2) is 13.9. The van der Waals surface area contributed by atoms with Gasteiger partial charge < -0.3 is 35.7 Å². The van der Waals surface area contributed by atoms with Crippen LogP contribution in [0, 0.1) is 6.92 Å². The molecular formula is C18H15N7Na2O7S4. The summed E-state index contributed by atoms with van der Waals surface area (Å²) < 4.78 is 0.537. The van der Waals surface area contributed by atoms with E-state index in [4.69, 9.17) is 5.73 Å². The fraction of sp³-hybridized carbons (Fsp3) is 0.333. The molecule has 1 saturated heterocycles. The number of hydrogen-bond acceptors (Lipinski definition) is 16. The summed E-state index contributed by atoms with van der Waals surface area (Å²) in [7, 11) is 0. The van der Waals surface area contributed by atoms with Gasteiger partial charge in [0.05, 0.1) is 35.1 Å². The molecule has 14 nitrogen and oxygen atoms in total. The molecule has 20 heteroatoms. The Labute approximate surface area is 275 Å². The summed E-state index contributed by atoms with van der Waals surface area (Å²) >= 11 is 4.63. The number of nitrogens with zero attached hydrogens (tertiary/aromatic N) is 5. The minimum Gasteiger partial charge on any atom is -0.546 e. The van der Waals surface area contributed by atoms with Gasteiger partial charge in [0, 0.05) is 16.7 Å². The van der Waals surface area contributed by atoms with Gasteiger partial charge in [0.25, 0.3) is 5.91 Å². The van der Waals surface area contributed by atoms with E-state index < -0.39 is 40.6 Å². The number of carboxylic acid groups (broad SMARTS) is 2. The number of nitrogens with two attached hydrogens (primary N) is 1. The fourth-order valence-electron chi connectivity index (χ4n) is 3.41. The zero-order chi connectivity index (χ0) is 26.0. The summed E-state index contributed by atoms with van der Waals surface area (Å²) in [5.74, 6) is -4.43. The largest absolute Gasteiger partial charge is 1.00 e. The Morgan fingerprint density at radius 3 is 2.66 bits per heavy atom. The number of rotatable bonds is 10. The molecule has 4 heterocycles. The Balaban J connectivity index is 0.00000253. The van der Waals surface area contributed by atoms with E-state index in [1.165, 1.54) is 11.3 Å².